The number of nitrogens with zero attached hydrogens (tertiary/aromatic N) is 5. The average molecular weight is 475 g/mol. The molecule has 2 atom stereocenters. The molecule has 6 rings (SSSR count). The fraction of sp³-hybridized carbons (Fsp3) is 0.440. The van der Waals surface area contributed by atoms with Crippen LogP contribution >= 0.6 is 0 Å². The molecule has 35 heavy (non-hydrogen) atoms. The molecule has 0 amide bonds. The van der Waals surface area contributed by atoms with Crippen molar-refractivity contribution in [2.45, 2.75) is 25.0 Å². The van der Waals surface area contributed by atoms with E-state index in [1.165, 1.54) is 0 Å². The Kier molecular flexibility index (Phi) is 6.39. The average Bonchev–Trinajstić information content (AvgIpc) is 3.61. The third kappa shape index (κ3) is 4.64. The van der Waals surface area contributed by atoms with Crippen LogP contribution in [0.5, 0.6) is 5.75 Å². The quantitative estimate of drug-likeness (QED) is 0.354. The van der Waals surface area contributed by atoms with Gasteiger partial charge in [-0.05, 0) is 19.4 Å². The number of pyridine rings is 1. The molecular formula is C25H30N8O2. The van der Waals surface area contributed by atoms with Crippen LogP contribution in [0.4, 0.5) is 5.82 Å². The van der Waals surface area contributed by atoms with Gasteiger partial charge >= 0.3 is 0 Å². The molecule has 5 heterocycles. The van der Waals surface area contributed by atoms with E-state index in [4.69, 9.17) is 14.5 Å². The first-order chi connectivity index (χ1) is 17.4. The van der Waals surface area contributed by atoms with Crippen molar-refractivity contribution < 1.29 is 9.47 Å². The number of H-pyrrole nitrogens is 1. The summed E-state index contributed by atoms with van der Waals surface area (Å²) in [5.41, 5.74) is 2.24. The van der Waals surface area contributed by atoms with Crippen LogP contribution in [0.15, 0.2) is 43.1 Å². The van der Waals surface area contributed by atoms with E-state index in [-0.39, 0.29) is 12.1 Å². The summed E-state index contributed by atoms with van der Waals surface area (Å²) in [6.45, 7) is 6.31. The molecule has 1 unspecified atom stereocenters. The second-order valence-corrected chi connectivity index (χ2v) is 9.00. The summed E-state index contributed by atoms with van der Waals surface area (Å²) >= 11 is 0. The minimum absolute atomic E-state index is 0.134. The van der Waals surface area contributed by atoms with Crippen molar-refractivity contribution in [1.29, 1.82) is 0 Å². The van der Waals surface area contributed by atoms with Crippen LogP contribution in [-0.4, -0.2) is 81.8 Å². The van der Waals surface area contributed by atoms with Crippen LogP contribution in [0.3, 0.4) is 0 Å². The summed E-state index contributed by atoms with van der Waals surface area (Å²) in [4.78, 5) is 23.6. The molecule has 10 nitrogen and oxygen atoms in total. The highest BCUT2D eigenvalue weighted by Gasteiger charge is 2.32. The number of imidazole rings is 1. The fourth-order valence-corrected chi connectivity index (χ4v) is 4.99. The Balaban J connectivity index is 1.28. The van der Waals surface area contributed by atoms with Crippen LogP contribution in [0.1, 0.15) is 24.6 Å². The lowest BCUT2D eigenvalue weighted by Gasteiger charge is -2.27. The number of nitrogens with one attached hydrogen (secondary N) is 3. The molecule has 0 aliphatic carbocycles. The minimum Gasteiger partial charge on any atom is -0.480 e. The normalized spacial score (nSPS) is 19.8. The zero-order chi connectivity index (χ0) is 23.5. The van der Waals surface area contributed by atoms with Gasteiger partial charge in [-0.1, -0.05) is 24.3 Å². The minimum atomic E-state index is -0.309. The van der Waals surface area contributed by atoms with Gasteiger partial charge in [0.05, 0.1) is 31.8 Å². The van der Waals surface area contributed by atoms with Crippen molar-refractivity contribution in [2.24, 2.45) is 0 Å². The number of hydrogen-bond donors (Lipinski definition) is 3. The highest BCUT2D eigenvalue weighted by atomic mass is 16.5. The second-order valence-electron chi connectivity index (χ2n) is 9.00. The van der Waals surface area contributed by atoms with Crippen molar-refractivity contribution in [3.05, 3.63) is 48.8 Å². The molecule has 2 fully saturated rings. The third-order valence-electron chi connectivity index (χ3n) is 6.82. The van der Waals surface area contributed by atoms with Gasteiger partial charge in [0.25, 0.3) is 0 Å². The molecule has 0 saturated carbocycles. The maximum atomic E-state index is 6.71. The molecule has 2 aliphatic rings. The number of benzene rings is 1. The molecule has 0 spiro atoms. The zero-order valence-corrected chi connectivity index (χ0v) is 19.6. The smallest absolute Gasteiger partial charge is 0.160 e. The largest absolute Gasteiger partial charge is 0.480 e. The predicted molar refractivity (Wildman–Crippen MR) is 134 cm³/mol. The van der Waals surface area contributed by atoms with Crippen molar-refractivity contribution in [2.75, 3.05) is 51.3 Å². The second kappa shape index (κ2) is 10.1. The Labute approximate surface area is 203 Å². The van der Waals surface area contributed by atoms with Crippen molar-refractivity contribution >= 4 is 27.8 Å². The van der Waals surface area contributed by atoms with E-state index in [0.717, 1.165) is 92.3 Å². The van der Waals surface area contributed by atoms with E-state index < -0.39 is 0 Å². The standard InChI is InChI=1S/C25H30N8O2/c1-2-5-18-17(4-1)20(14-28-24(18)27-8-9-33-10-12-34-13-11-33)35-23(19-6-3-7-26-19)21-22-25(31-15-29-21)32-16-30-22/h1-2,4-5,14-16,19,23,26H,3,6-13H2,(H,27,28)(H,29,30,31,32)/t19?,23-/m1/s1. The van der Waals surface area contributed by atoms with Gasteiger partial charge in [-0.2, -0.15) is 0 Å². The molecule has 182 valence electrons. The Bertz CT molecular complexity index is 1280. The van der Waals surface area contributed by atoms with Gasteiger partial charge in [-0.15, -0.1) is 0 Å². The van der Waals surface area contributed by atoms with E-state index >= 15 is 0 Å². The molecule has 4 aromatic rings. The first-order valence-electron chi connectivity index (χ1n) is 12.3. The summed E-state index contributed by atoms with van der Waals surface area (Å²) in [7, 11) is 0. The molecule has 10 heteroatoms. The number of aromatic nitrogens is 5. The molecule has 3 N–H and O–H groups in total. The molecular weight excluding hydrogens is 444 g/mol. The van der Waals surface area contributed by atoms with Crippen molar-refractivity contribution in [3.8, 4) is 5.75 Å². The van der Waals surface area contributed by atoms with Gasteiger partial charge in [-0.25, -0.2) is 19.9 Å². The third-order valence-corrected chi connectivity index (χ3v) is 6.82. The van der Waals surface area contributed by atoms with Crippen LogP contribution in [0.2, 0.25) is 0 Å². The van der Waals surface area contributed by atoms with Gasteiger partial charge in [0.2, 0.25) is 0 Å². The monoisotopic (exact) mass is 474 g/mol. The first kappa shape index (κ1) is 22.1. The summed E-state index contributed by atoms with van der Waals surface area (Å²) in [6.07, 6.45) is 6.84. The Morgan fingerprint density at radius 1 is 1.11 bits per heavy atom. The van der Waals surface area contributed by atoms with E-state index in [1.807, 2.05) is 18.3 Å². The molecule has 1 aromatic carbocycles. The molecule has 2 saturated heterocycles. The maximum absolute atomic E-state index is 6.71. The lowest BCUT2D eigenvalue weighted by Crippen LogP contribution is -2.39. The summed E-state index contributed by atoms with van der Waals surface area (Å²) in [6, 6.07) is 8.38. The van der Waals surface area contributed by atoms with Crippen LogP contribution < -0.4 is 15.4 Å². The van der Waals surface area contributed by atoms with E-state index in [0.29, 0.717) is 5.65 Å². The number of rotatable bonds is 8. The lowest BCUT2D eigenvalue weighted by molar-refractivity contribution is 0.0398. The molecule has 3 aromatic heterocycles. The van der Waals surface area contributed by atoms with Crippen molar-refractivity contribution in [1.82, 2.24) is 35.1 Å². The van der Waals surface area contributed by atoms with E-state index in [9.17, 15) is 0 Å². The van der Waals surface area contributed by atoms with Crippen LogP contribution in [-0.2, 0) is 4.74 Å². The first-order valence-corrected chi connectivity index (χ1v) is 12.3. The maximum Gasteiger partial charge on any atom is 0.160 e. The highest BCUT2D eigenvalue weighted by Crippen LogP contribution is 2.35. The zero-order valence-electron chi connectivity index (χ0n) is 19.6. The van der Waals surface area contributed by atoms with E-state index in [1.54, 1.807) is 12.7 Å². The topological polar surface area (TPSA) is 113 Å². The lowest BCUT2D eigenvalue weighted by atomic mass is 10.0. The van der Waals surface area contributed by atoms with Gasteiger partial charge < -0.3 is 25.1 Å². The number of hydrogen-bond acceptors (Lipinski definition) is 9. The molecule has 0 bridgehead atoms. The van der Waals surface area contributed by atoms with E-state index in [2.05, 4.69) is 47.6 Å². The highest BCUT2D eigenvalue weighted by molar-refractivity contribution is 5.95. The number of morpholine rings is 1. The SMILES string of the molecule is c1ccc2c(NCCN3CCOCC3)ncc(O[C@@H](c3ncnc4[nH]cnc34)C3CCCN3)c2c1. The molecule has 0 radical (unpaired) electrons. The summed E-state index contributed by atoms with van der Waals surface area (Å²) in [5, 5.41) is 9.17. The number of fused-ring (bicyclic) bond motifs is 2. The summed E-state index contributed by atoms with van der Waals surface area (Å²) in [5.74, 6) is 1.61. The van der Waals surface area contributed by atoms with Crippen molar-refractivity contribution in [3.63, 3.8) is 0 Å². The Hall–Kier alpha value is -3.34. The fourth-order valence-electron chi connectivity index (χ4n) is 4.99. The van der Waals surface area contributed by atoms with Gasteiger partial charge in [0, 0.05) is 37.0 Å². The summed E-state index contributed by atoms with van der Waals surface area (Å²) < 4.78 is 12.2. The predicted octanol–water partition coefficient (Wildman–Crippen LogP) is 2.52. The Morgan fingerprint density at radius 2 is 2.00 bits per heavy atom. The Morgan fingerprint density at radius 3 is 2.86 bits per heavy atom. The number of aromatic amines is 1. The van der Waals surface area contributed by atoms with Crippen LogP contribution in [0, 0.1) is 0 Å². The molecule has 2 aliphatic heterocycles. The van der Waals surface area contributed by atoms with Gasteiger partial charge in [-0.3, -0.25) is 4.90 Å². The van der Waals surface area contributed by atoms with Crippen LogP contribution in [0.25, 0.3) is 21.9 Å². The number of anilines is 1. The van der Waals surface area contributed by atoms with Gasteiger partial charge in [0.15, 0.2) is 11.8 Å². The number of ether oxygens (including phenoxy) is 2. The van der Waals surface area contributed by atoms with Gasteiger partial charge in [0.1, 0.15) is 29.1 Å².